The fraction of sp³-hybridized carbons (Fsp3) is 0.333. The molecule has 0 aliphatic carbocycles. The molecule has 2 rings (SSSR count). The van der Waals surface area contributed by atoms with Gasteiger partial charge in [0.1, 0.15) is 5.75 Å². The molecule has 0 heterocycles. The second-order valence-corrected chi connectivity index (χ2v) is 6.36. The number of aliphatic hydroxyl groups is 1. The first kappa shape index (κ1) is 16.1. The lowest BCUT2D eigenvalue weighted by molar-refractivity contribution is 0.178. The summed E-state index contributed by atoms with van der Waals surface area (Å²) in [7, 11) is 1.64. The Balaban J connectivity index is 2.10. The second kappa shape index (κ2) is 7.10. The van der Waals surface area contributed by atoms with Crippen LogP contribution in [0.15, 0.2) is 46.9 Å². The average Bonchev–Trinajstić information content (AvgIpc) is 2.47. The van der Waals surface area contributed by atoms with Crippen molar-refractivity contribution in [2.24, 2.45) is 0 Å². The highest BCUT2D eigenvalue weighted by Gasteiger charge is 2.10. The minimum atomic E-state index is -0.494. The van der Waals surface area contributed by atoms with Crippen LogP contribution in [0.1, 0.15) is 42.6 Å². The zero-order valence-corrected chi connectivity index (χ0v) is 14.2. The van der Waals surface area contributed by atoms with E-state index in [1.807, 2.05) is 30.3 Å². The summed E-state index contributed by atoms with van der Waals surface area (Å²) in [5.74, 6) is 1.31. The SMILES string of the molecule is COc1ccc(CC(O)c2ccc(C(C)C)cc2)cc1Br. The van der Waals surface area contributed by atoms with Crippen LogP contribution in [0.5, 0.6) is 5.75 Å². The lowest BCUT2D eigenvalue weighted by Crippen LogP contribution is -2.02. The van der Waals surface area contributed by atoms with Crippen LogP contribution in [0.2, 0.25) is 0 Å². The van der Waals surface area contributed by atoms with E-state index in [0.717, 1.165) is 21.3 Å². The van der Waals surface area contributed by atoms with Crippen LogP contribution in [-0.2, 0) is 6.42 Å². The third-order valence-corrected chi connectivity index (χ3v) is 4.25. The predicted octanol–water partition coefficient (Wildman–Crippen LogP) is 4.86. The van der Waals surface area contributed by atoms with Crippen LogP contribution >= 0.6 is 15.9 Å². The molecule has 3 heteroatoms. The molecule has 2 nitrogen and oxygen atoms in total. The van der Waals surface area contributed by atoms with E-state index in [1.54, 1.807) is 7.11 Å². The summed E-state index contributed by atoms with van der Waals surface area (Å²) < 4.78 is 6.12. The van der Waals surface area contributed by atoms with Gasteiger partial charge in [-0.15, -0.1) is 0 Å². The summed E-state index contributed by atoms with van der Waals surface area (Å²) in [6.45, 7) is 4.33. The first-order valence-corrected chi connectivity index (χ1v) is 7.91. The van der Waals surface area contributed by atoms with E-state index in [-0.39, 0.29) is 0 Å². The number of hydrogen-bond donors (Lipinski definition) is 1. The highest BCUT2D eigenvalue weighted by atomic mass is 79.9. The molecular formula is C18H21BrO2. The Kier molecular flexibility index (Phi) is 5.43. The molecule has 0 aromatic heterocycles. The van der Waals surface area contributed by atoms with Crippen LogP contribution in [0.3, 0.4) is 0 Å². The zero-order chi connectivity index (χ0) is 15.4. The van der Waals surface area contributed by atoms with Crippen molar-refractivity contribution in [3.05, 3.63) is 63.6 Å². The van der Waals surface area contributed by atoms with Crippen LogP contribution in [0.25, 0.3) is 0 Å². The minimum Gasteiger partial charge on any atom is -0.496 e. The number of methoxy groups -OCH3 is 1. The molecule has 2 aromatic rings. The fourth-order valence-electron chi connectivity index (χ4n) is 2.28. The van der Waals surface area contributed by atoms with Crippen molar-refractivity contribution in [2.45, 2.75) is 32.3 Å². The third-order valence-electron chi connectivity index (χ3n) is 3.63. The van der Waals surface area contributed by atoms with Gasteiger partial charge in [-0.25, -0.2) is 0 Å². The molecule has 1 N–H and O–H groups in total. The van der Waals surface area contributed by atoms with Crippen molar-refractivity contribution in [3.8, 4) is 5.75 Å². The van der Waals surface area contributed by atoms with Crippen molar-refractivity contribution >= 4 is 15.9 Å². The van der Waals surface area contributed by atoms with Gasteiger partial charge in [0.2, 0.25) is 0 Å². The van der Waals surface area contributed by atoms with Crippen LogP contribution in [0.4, 0.5) is 0 Å². The molecule has 0 spiro atoms. The van der Waals surface area contributed by atoms with E-state index < -0.39 is 6.10 Å². The monoisotopic (exact) mass is 348 g/mol. The number of aliphatic hydroxyl groups excluding tert-OH is 1. The number of rotatable bonds is 5. The average molecular weight is 349 g/mol. The Morgan fingerprint density at radius 1 is 1.05 bits per heavy atom. The summed E-state index contributed by atoms with van der Waals surface area (Å²) in [6, 6.07) is 14.1. The van der Waals surface area contributed by atoms with Gasteiger partial charge in [-0.3, -0.25) is 0 Å². The van der Waals surface area contributed by atoms with Gasteiger partial charge in [-0.05, 0) is 50.7 Å². The molecule has 2 aromatic carbocycles. The maximum absolute atomic E-state index is 10.4. The first-order chi connectivity index (χ1) is 10.0. The first-order valence-electron chi connectivity index (χ1n) is 7.11. The van der Waals surface area contributed by atoms with Crippen molar-refractivity contribution in [2.75, 3.05) is 7.11 Å². The van der Waals surface area contributed by atoms with Crippen molar-refractivity contribution in [1.29, 1.82) is 0 Å². The van der Waals surface area contributed by atoms with Crippen LogP contribution in [0, 0.1) is 0 Å². The van der Waals surface area contributed by atoms with E-state index in [2.05, 4.69) is 41.9 Å². The van der Waals surface area contributed by atoms with E-state index in [4.69, 9.17) is 4.74 Å². The molecule has 1 atom stereocenters. The molecule has 21 heavy (non-hydrogen) atoms. The van der Waals surface area contributed by atoms with E-state index in [0.29, 0.717) is 12.3 Å². The quantitative estimate of drug-likeness (QED) is 0.836. The lowest BCUT2D eigenvalue weighted by atomic mass is 9.97. The number of hydrogen-bond acceptors (Lipinski definition) is 2. The summed E-state index contributed by atoms with van der Waals surface area (Å²) in [4.78, 5) is 0. The summed E-state index contributed by atoms with van der Waals surface area (Å²) in [6.07, 6.45) is 0.0929. The van der Waals surface area contributed by atoms with Gasteiger partial charge in [0, 0.05) is 6.42 Å². The van der Waals surface area contributed by atoms with E-state index >= 15 is 0 Å². The molecule has 0 amide bonds. The normalized spacial score (nSPS) is 12.5. The molecule has 0 saturated heterocycles. The summed E-state index contributed by atoms with van der Waals surface area (Å²) in [5.41, 5.74) is 3.31. The topological polar surface area (TPSA) is 29.5 Å². The van der Waals surface area contributed by atoms with Gasteiger partial charge in [-0.2, -0.15) is 0 Å². The largest absolute Gasteiger partial charge is 0.496 e. The van der Waals surface area contributed by atoms with Crippen molar-refractivity contribution < 1.29 is 9.84 Å². The Morgan fingerprint density at radius 3 is 2.19 bits per heavy atom. The maximum Gasteiger partial charge on any atom is 0.133 e. The van der Waals surface area contributed by atoms with Gasteiger partial charge >= 0.3 is 0 Å². The van der Waals surface area contributed by atoms with Gasteiger partial charge in [0.25, 0.3) is 0 Å². The molecule has 0 aliphatic heterocycles. The predicted molar refractivity (Wildman–Crippen MR) is 89.9 cm³/mol. The van der Waals surface area contributed by atoms with Crippen LogP contribution in [-0.4, -0.2) is 12.2 Å². The summed E-state index contributed by atoms with van der Waals surface area (Å²) >= 11 is 3.47. The maximum atomic E-state index is 10.4. The van der Waals surface area contributed by atoms with Gasteiger partial charge in [-0.1, -0.05) is 44.2 Å². The Bertz CT molecular complexity index is 591. The number of benzene rings is 2. The van der Waals surface area contributed by atoms with Crippen molar-refractivity contribution in [1.82, 2.24) is 0 Å². The van der Waals surface area contributed by atoms with Crippen LogP contribution < -0.4 is 4.74 Å². The minimum absolute atomic E-state index is 0.494. The van der Waals surface area contributed by atoms with Gasteiger partial charge < -0.3 is 9.84 Å². The molecule has 0 aliphatic rings. The highest BCUT2D eigenvalue weighted by molar-refractivity contribution is 9.10. The standard InChI is InChI=1S/C18H21BrO2/c1-12(2)14-5-7-15(8-6-14)17(20)11-13-4-9-18(21-3)16(19)10-13/h4-10,12,17,20H,11H2,1-3H3. The number of halogens is 1. The van der Waals surface area contributed by atoms with E-state index in [1.165, 1.54) is 5.56 Å². The molecule has 1 unspecified atom stereocenters. The highest BCUT2D eigenvalue weighted by Crippen LogP contribution is 2.28. The summed E-state index contributed by atoms with van der Waals surface area (Å²) in [5, 5.41) is 10.4. The molecular weight excluding hydrogens is 328 g/mol. The van der Waals surface area contributed by atoms with Crippen molar-refractivity contribution in [3.63, 3.8) is 0 Å². The fourth-order valence-corrected chi connectivity index (χ4v) is 2.87. The smallest absolute Gasteiger partial charge is 0.133 e. The molecule has 0 saturated carbocycles. The Morgan fingerprint density at radius 2 is 1.67 bits per heavy atom. The molecule has 0 radical (unpaired) electrons. The third kappa shape index (κ3) is 4.08. The second-order valence-electron chi connectivity index (χ2n) is 5.51. The van der Waals surface area contributed by atoms with Gasteiger partial charge in [0.15, 0.2) is 0 Å². The van der Waals surface area contributed by atoms with E-state index in [9.17, 15) is 5.11 Å². The lowest BCUT2D eigenvalue weighted by Gasteiger charge is -2.14. The Labute approximate surface area is 134 Å². The zero-order valence-electron chi connectivity index (χ0n) is 12.6. The molecule has 0 fully saturated rings. The number of ether oxygens (including phenoxy) is 1. The molecule has 0 bridgehead atoms. The Hall–Kier alpha value is -1.32. The molecule has 112 valence electrons. The van der Waals surface area contributed by atoms with Gasteiger partial charge in [0.05, 0.1) is 17.7 Å².